The molecule has 4 nitrogen and oxygen atoms in total. The molecule has 0 spiro atoms. The maximum absolute atomic E-state index is 10.8. The van der Waals surface area contributed by atoms with Gasteiger partial charge in [-0.3, -0.25) is 0 Å². The second kappa shape index (κ2) is 5.25. The first-order chi connectivity index (χ1) is 9.72. The molecule has 0 aromatic heterocycles. The lowest BCUT2D eigenvalue weighted by Gasteiger charge is -2.08. The van der Waals surface area contributed by atoms with E-state index in [0.717, 1.165) is 30.1 Å². The van der Waals surface area contributed by atoms with E-state index >= 15 is 0 Å². The summed E-state index contributed by atoms with van der Waals surface area (Å²) < 4.78 is 11.2. The minimum absolute atomic E-state index is 0.281. The molecule has 1 aliphatic rings. The maximum atomic E-state index is 10.8. The zero-order valence-electron chi connectivity index (χ0n) is 10.8. The largest absolute Gasteiger partial charge is 0.493 e. The van der Waals surface area contributed by atoms with Crippen molar-refractivity contribution in [1.82, 2.24) is 0 Å². The van der Waals surface area contributed by atoms with Crippen LogP contribution in [0.25, 0.3) is 0 Å². The molecule has 0 unspecified atom stereocenters. The van der Waals surface area contributed by atoms with Crippen LogP contribution in [0.3, 0.4) is 0 Å². The summed E-state index contributed by atoms with van der Waals surface area (Å²) in [7, 11) is 0. The Balaban J connectivity index is 1.65. The molecule has 1 aliphatic heterocycles. The zero-order valence-corrected chi connectivity index (χ0v) is 10.8. The van der Waals surface area contributed by atoms with E-state index in [1.165, 1.54) is 5.56 Å². The van der Waals surface area contributed by atoms with Gasteiger partial charge in [-0.25, -0.2) is 4.79 Å². The Morgan fingerprint density at radius 3 is 2.75 bits per heavy atom. The predicted octanol–water partition coefficient (Wildman–Crippen LogP) is 2.90. The lowest BCUT2D eigenvalue weighted by molar-refractivity contribution is 0.0697. The Morgan fingerprint density at radius 1 is 1.20 bits per heavy atom. The van der Waals surface area contributed by atoms with Gasteiger partial charge in [0.05, 0.1) is 12.2 Å². The van der Waals surface area contributed by atoms with Crippen molar-refractivity contribution >= 4 is 5.97 Å². The molecule has 0 saturated carbocycles. The molecular formula is C16H14O4. The van der Waals surface area contributed by atoms with Crippen LogP contribution in [0.5, 0.6) is 11.5 Å². The van der Waals surface area contributed by atoms with Gasteiger partial charge in [0.25, 0.3) is 0 Å². The fraction of sp³-hybridized carbons (Fsp3) is 0.188. The van der Waals surface area contributed by atoms with Crippen molar-refractivity contribution in [2.75, 3.05) is 6.61 Å². The van der Waals surface area contributed by atoms with Gasteiger partial charge >= 0.3 is 5.97 Å². The van der Waals surface area contributed by atoms with Crippen LogP contribution in [0.1, 0.15) is 21.5 Å². The average Bonchev–Trinajstić information content (AvgIpc) is 2.93. The molecule has 0 radical (unpaired) electrons. The van der Waals surface area contributed by atoms with Crippen LogP contribution in [0.15, 0.2) is 42.5 Å². The molecule has 1 heterocycles. The van der Waals surface area contributed by atoms with E-state index in [1.54, 1.807) is 24.3 Å². The Morgan fingerprint density at radius 2 is 2.00 bits per heavy atom. The normalized spacial score (nSPS) is 12.6. The van der Waals surface area contributed by atoms with E-state index < -0.39 is 5.97 Å². The topological polar surface area (TPSA) is 55.8 Å². The summed E-state index contributed by atoms with van der Waals surface area (Å²) in [6, 6.07) is 12.5. The van der Waals surface area contributed by atoms with Gasteiger partial charge in [0.15, 0.2) is 0 Å². The molecule has 2 aromatic carbocycles. The van der Waals surface area contributed by atoms with Crippen molar-refractivity contribution in [3.05, 3.63) is 59.2 Å². The standard InChI is InChI=1S/C16H14O4/c17-16(18)12-3-1-11(2-4-12)10-20-14-5-6-15-13(9-14)7-8-19-15/h1-6,9H,7-8,10H2,(H,17,18). The summed E-state index contributed by atoms with van der Waals surface area (Å²) in [6.07, 6.45) is 0.917. The molecule has 102 valence electrons. The summed E-state index contributed by atoms with van der Waals surface area (Å²) >= 11 is 0. The molecule has 0 aliphatic carbocycles. The number of rotatable bonds is 4. The fourth-order valence-electron chi connectivity index (χ4n) is 2.16. The first-order valence-electron chi connectivity index (χ1n) is 6.43. The van der Waals surface area contributed by atoms with Crippen molar-refractivity contribution < 1.29 is 19.4 Å². The van der Waals surface area contributed by atoms with Gasteiger partial charge in [-0.2, -0.15) is 0 Å². The number of benzene rings is 2. The first kappa shape index (κ1) is 12.5. The third-order valence-electron chi connectivity index (χ3n) is 3.27. The van der Waals surface area contributed by atoms with E-state index in [-0.39, 0.29) is 5.56 Å². The second-order valence-electron chi connectivity index (χ2n) is 4.66. The molecule has 0 atom stereocenters. The number of carbonyl (C=O) groups is 1. The molecular weight excluding hydrogens is 256 g/mol. The van der Waals surface area contributed by atoms with Crippen LogP contribution in [0, 0.1) is 0 Å². The van der Waals surface area contributed by atoms with E-state index in [9.17, 15) is 4.79 Å². The summed E-state index contributed by atoms with van der Waals surface area (Å²) in [4.78, 5) is 10.8. The van der Waals surface area contributed by atoms with E-state index in [0.29, 0.717) is 6.61 Å². The summed E-state index contributed by atoms with van der Waals surface area (Å²) in [6.45, 7) is 1.15. The number of hydrogen-bond acceptors (Lipinski definition) is 3. The Bertz CT molecular complexity index is 631. The number of ether oxygens (including phenoxy) is 2. The highest BCUT2D eigenvalue weighted by Gasteiger charge is 2.12. The van der Waals surface area contributed by atoms with Crippen LogP contribution in [-0.2, 0) is 13.0 Å². The van der Waals surface area contributed by atoms with Crippen molar-refractivity contribution in [3.8, 4) is 11.5 Å². The quantitative estimate of drug-likeness (QED) is 0.928. The van der Waals surface area contributed by atoms with E-state index in [4.69, 9.17) is 14.6 Å². The molecule has 20 heavy (non-hydrogen) atoms. The van der Waals surface area contributed by atoms with E-state index in [2.05, 4.69) is 0 Å². The number of hydrogen-bond donors (Lipinski definition) is 1. The predicted molar refractivity (Wildman–Crippen MR) is 73.4 cm³/mol. The van der Waals surface area contributed by atoms with Crippen LogP contribution in [0.4, 0.5) is 0 Å². The third kappa shape index (κ3) is 2.59. The van der Waals surface area contributed by atoms with Gasteiger partial charge in [0, 0.05) is 12.0 Å². The van der Waals surface area contributed by atoms with Crippen LogP contribution >= 0.6 is 0 Å². The number of carboxylic acids is 1. The lowest BCUT2D eigenvalue weighted by atomic mass is 10.1. The molecule has 3 rings (SSSR count). The Hall–Kier alpha value is -2.49. The van der Waals surface area contributed by atoms with Crippen molar-refractivity contribution in [2.45, 2.75) is 13.0 Å². The fourth-order valence-corrected chi connectivity index (χ4v) is 2.16. The highest BCUT2D eigenvalue weighted by Crippen LogP contribution is 2.29. The average molecular weight is 270 g/mol. The first-order valence-corrected chi connectivity index (χ1v) is 6.43. The molecule has 4 heteroatoms. The molecule has 0 fully saturated rings. The van der Waals surface area contributed by atoms with Crippen molar-refractivity contribution in [1.29, 1.82) is 0 Å². The molecule has 0 amide bonds. The molecule has 0 saturated heterocycles. The van der Waals surface area contributed by atoms with Crippen molar-refractivity contribution in [2.24, 2.45) is 0 Å². The smallest absolute Gasteiger partial charge is 0.335 e. The summed E-state index contributed by atoms with van der Waals surface area (Å²) in [5, 5.41) is 8.83. The monoisotopic (exact) mass is 270 g/mol. The van der Waals surface area contributed by atoms with Gasteiger partial charge < -0.3 is 14.6 Å². The van der Waals surface area contributed by atoms with Gasteiger partial charge in [0.1, 0.15) is 18.1 Å². The van der Waals surface area contributed by atoms with Gasteiger partial charge in [-0.15, -0.1) is 0 Å². The number of fused-ring (bicyclic) bond motifs is 1. The Kier molecular flexibility index (Phi) is 3.29. The van der Waals surface area contributed by atoms with Gasteiger partial charge in [-0.1, -0.05) is 12.1 Å². The molecule has 0 bridgehead atoms. The molecule has 1 N–H and O–H groups in total. The minimum Gasteiger partial charge on any atom is -0.493 e. The van der Waals surface area contributed by atoms with Crippen molar-refractivity contribution in [3.63, 3.8) is 0 Å². The molecule has 2 aromatic rings. The number of carboxylic acid groups (broad SMARTS) is 1. The zero-order chi connectivity index (χ0) is 13.9. The highest BCUT2D eigenvalue weighted by atomic mass is 16.5. The Labute approximate surface area is 116 Å². The summed E-state index contributed by atoms with van der Waals surface area (Å²) in [5.41, 5.74) is 2.39. The van der Waals surface area contributed by atoms with E-state index in [1.807, 2.05) is 18.2 Å². The summed E-state index contributed by atoms with van der Waals surface area (Å²) in [5.74, 6) is 0.816. The third-order valence-corrected chi connectivity index (χ3v) is 3.27. The highest BCUT2D eigenvalue weighted by molar-refractivity contribution is 5.87. The lowest BCUT2D eigenvalue weighted by Crippen LogP contribution is -1.99. The van der Waals surface area contributed by atoms with Crippen LogP contribution < -0.4 is 9.47 Å². The maximum Gasteiger partial charge on any atom is 0.335 e. The number of aromatic carboxylic acids is 1. The van der Waals surface area contributed by atoms with Gasteiger partial charge in [0.2, 0.25) is 0 Å². The van der Waals surface area contributed by atoms with Gasteiger partial charge in [-0.05, 0) is 35.9 Å². The van der Waals surface area contributed by atoms with Crippen LogP contribution in [0.2, 0.25) is 0 Å². The minimum atomic E-state index is -0.920. The second-order valence-corrected chi connectivity index (χ2v) is 4.66. The van der Waals surface area contributed by atoms with Crippen LogP contribution in [-0.4, -0.2) is 17.7 Å². The SMILES string of the molecule is O=C(O)c1ccc(COc2ccc3c(c2)CCO3)cc1.